The third-order valence-corrected chi connectivity index (χ3v) is 4.97. The third kappa shape index (κ3) is 4.24. The van der Waals surface area contributed by atoms with Gasteiger partial charge in [0.2, 0.25) is 0 Å². The van der Waals surface area contributed by atoms with Crippen molar-refractivity contribution in [3.8, 4) is 0 Å². The molecule has 1 saturated heterocycles. The van der Waals surface area contributed by atoms with Gasteiger partial charge in [0, 0.05) is 39.3 Å². The lowest BCUT2D eigenvalue weighted by molar-refractivity contribution is 0.128. The fraction of sp³-hybridized carbons (Fsp3) is 0.400. The maximum atomic E-state index is 4.54. The van der Waals surface area contributed by atoms with Gasteiger partial charge in [-0.15, -0.1) is 0 Å². The normalized spacial score (nSPS) is 16.5. The van der Waals surface area contributed by atoms with Gasteiger partial charge in [-0.05, 0) is 24.1 Å². The van der Waals surface area contributed by atoms with Crippen molar-refractivity contribution in [1.29, 1.82) is 0 Å². The molecule has 0 aliphatic carbocycles. The minimum absolute atomic E-state index is 0.860. The summed E-state index contributed by atoms with van der Waals surface area (Å²) in [5.41, 5.74) is 3.39. The first-order chi connectivity index (χ1) is 12.4. The van der Waals surface area contributed by atoms with E-state index < -0.39 is 0 Å². The molecule has 0 unspecified atom stereocenters. The molecule has 1 fully saturated rings. The molecule has 25 heavy (non-hydrogen) atoms. The highest BCUT2D eigenvalue weighted by Gasteiger charge is 2.16. The van der Waals surface area contributed by atoms with Crippen molar-refractivity contribution >= 4 is 11.0 Å². The largest absolute Gasteiger partial charge is 0.300 e. The predicted molar refractivity (Wildman–Crippen MR) is 101 cm³/mol. The molecule has 0 amide bonds. The van der Waals surface area contributed by atoms with E-state index in [0.29, 0.717) is 0 Å². The molecule has 0 radical (unpaired) electrons. The summed E-state index contributed by atoms with van der Waals surface area (Å²) in [6.07, 6.45) is 1.14. The van der Waals surface area contributed by atoms with E-state index in [0.717, 1.165) is 63.3 Å². The van der Waals surface area contributed by atoms with Crippen LogP contribution in [0.5, 0.6) is 0 Å². The van der Waals surface area contributed by atoms with Crippen molar-refractivity contribution in [2.75, 3.05) is 39.3 Å². The van der Waals surface area contributed by atoms with Crippen molar-refractivity contribution in [3.63, 3.8) is 0 Å². The van der Waals surface area contributed by atoms with Crippen LogP contribution in [0.1, 0.15) is 5.56 Å². The Morgan fingerprint density at radius 1 is 0.640 bits per heavy atom. The van der Waals surface area contributed by atoms with Crippen LogP contribution >= 0.6 is 0 Å². The Morgan fingerprint density at radius 2 is 1.20 bits per heavy atom. The molecular formula is C20H25N5. The van der Waals surface area contributed by atoms with Gasteiger partial charge in [-0.25, -0.2) is 0 Å². The highest BCUT2D eigenvalue weighted by atomic mass is 15.5. The number of fused-ring (bicyclic) bond motifs is 1. The summed E-state index contributed by atoms with van der Waals surface area (Å²) in [7, 11) is 0. The molecule has 1 aromatic heterocycles. The molecule has 0 saturated carbocycles. The van der Waals surface area contributed by atoms with Crippen LogP contribution in [-0.2, 0) is 13.0 Å². The Bertz CT molecular complexity index is 757. The predicted octanol–water partition coefficient (Wildman–Crippen LogP) is 2.29. The summed E-state index contributed by atoms with van der Waals surface area (Å²) in [6, 6.07) is 18.8. The van der Waals surface area contributed by atoms with Crippen LogP contribution in [-0.4, -0.2) is 64.1 Å². The lowest BCUT2D eigenvalue weighted by Gasteiger charge is -2.34. The second-order valence-electron chi connectivity index (χ2n) is 6.70. The minimum atomic E-state index is 0.860. The van der Waals surface area contributed by atoms with Crippen LogP contribution in [0.15, 0.2) is 54.6 Å². The number of aromatic nitrogens is 3. The third-order valence-electron chi connectivity index (χ3n) is 4.97. The van der Waals surface area contributed by atoms with Crippen LogP contribution < -0.4 is 0 Å². The Morgan fingerprint density at radius 3 is 1.84 bits per heavy atom. The Labute approximate surface area is 148 Å². The van der Waals surface area contributed by atoms with E-state index in [-0.39, 0.29) is 0 Å². The molecular weight excluding hydrogens is 310 g/mol. The molecule has 4 rings (SSSR count). The quantitative estimate of drug-likeness (QED) is 0.693. The van der Waals surface area contributed by atoms with Crippen molar-refractivity contribution in [3.05, 3.63) is 60.2 Å². The number of benzene rings is 2. The Balaban J connectivity index is 1.21. The van der Waals surface area contributed by atoms with E-state index in [9.17, 15) is 0 Å². The van der Waals surface area contributed by atoms with E-state index in [4.69, 9.17) is 0 Å². The van der Waals surface area contributed by atoms with E-state index >= 15 is 0 Å². The summed E-state index contributed by atoms with van der Waals surface area (Å²) < 4.78 is 0. The average Bonchev–Trinajstić information content (AvgIpc) is 3.09. The van der Waals surface area contributed by atoms with Gasteiger partial charge in [-0.1, -0.05) is 42.5 Å². The van der Waals surface area contributed by atoms with Crippen LogP contribution in [0.3, 0.4) is 0 Å². The fourth-order valence-corrected chi connectivity index (χ4v) is 3.40. The highest BCUT2D eigenvalue weighted by molar-refractivity contribution is 5.72. The molecule has 2 heterocycles. The van der Waals surface area contributed by atoms with Crippen molar-refractivity contribution < 1.29 is 0 Å². The van der Waals surface area contributed by atoms with E-state index in [1.165, 1.54) is 5.56 Å². The van der Waals surface area contributed by atoms with Crippen LogP contribution in [0.25, 0.3) is 11.0 Å². The lowest BCUT2D eigenvalue weighted by Crippen LogP contribution is -2.47. The zero-order valence-corrected chi connectivity index (χ0v) is 14.6. The standard InChI is InChI=1S/C20H25N5/c1-2-6-18(7-3-1)10-11-23-12-14-24(15-13-23)16-17-25-21-19-8-4-5-9-20(19)22-25/h1-9H,10-17H2. The van der Waals surface area contributed by atoms with Gasteiger partial charge in [-0.3, -0.25) is 4.90 Å². The highest BCUT2D eigenvalue weighted by Crippen LogP contribution is 2.08. The summed E-state index contributed by atoms with van der Waals surface area (Å²) in [6.45, 7) is 7.62. The molecule has 5 heteroatoms. The Hall–Kier alpha value is -2.24. The molecule has 1 aliphatic heterocycles. The smallest absolute Gasteiger partial charge is 0.113 e. The first-order valence-corrected chi connectivity index (χ1v) is 9.15. The molecule has 1 aliphatic rings. The molecule has 3 aromatic rings. The van der Waals surface area contributed by atoms with Crippen molar-refractivity contribution in [2.45, 2.75) is 13.0 Å². The van der Waals surface area contributed by atoms with Gasteiger partial charge in [-0.2, -0.15) is 15.0 Å². The summed E-state index contributed by atoms with van der Waals surface area (Å²) in [5, 5.41) is 9.09. The van der Waals surface area contributed by atoms with Crippen molar-refractivity contribution in [1.82, 2.24) is 24.8 Å². The zero-order valence-electron chi connectivity index (χ0n) is 14.6. The van der Waals surface area contributed by atoms with Gasteiger partial charge >= 0.3 is 0 Å². The van der Waals surface area contributed by atoms with Gasteiger partial charge < -0.3 is 4.90 Å². The van der Waals surface area contributed by atoms with Gasteiger partial charge in [0.05, 0.1) is 6.54 Å². The van der Waals surface area contributed by atoms with E-state index in [1.54, 1.807) is 0 Å². The zero-order chi connectivity index (χ0) is 16.9. The van der Waals surface area contributed by atoms with Gasteiger partial charge in [0.25, 0.3) is 0 Å². The molecule has 130 valence electrons. The second kappa shape index (κ2) is 7.76. The average molecular weight is 335 g/mol. The van der Waals surface area contributed by atoms with Crippen LogP contribution in [0, 0.1) is 0 Å². The van der Waals surface area contributed by atoms with Gasteiger partial charge in [0.1, 0.15) is 11.0 Å². The van der Waals surface area contributed by atoms with Gasteiger partial charge in [0.15, 0.2) is 0 Å². The van der Waals surface area contributed by atoms with Crippen molar-refractivity contribution in [2.24, 2.45) is 0 Å². The molecule has 0 bridgehead atoms. The topological polar surface area (TPSA) is 37.2 Å². The molecule has 5 nitrogen and oxygen atoms in total. The number of piperazine rings is 1. The molecule has 2 aromatic carbocycles. The molecule has 0 atom stereocenters. The molecule has 0 spiro atoms. The monoisotopic (exact) mass is 335 g/mol. The van der Waals surface area contributed by atoms with E-state index in [1.807, 2.05) is 29.1 Å². The minimum Gasteiger partial charge on any atom is -0.300 e. The number of hydrogen-bond acceptors (Lipinski definition) is 4. The maximum absolute atomic E-state index is 4.54. The fourth-order valence-electron chi connectivity index (χ4n) is 3.40. The number of hydrogen-bond donors (Lipinski definition) is 0. The summed E-state index contributed by atoms with van der Waals surface area (Å²) >= 11 is 0. The summed E-state index contributed by atoms with van der Waals surface area (Å²) in [5.74, 6) is 0. The SMILES string of the molecule is c1ccc(CCN2CCN(CCn3nc4ccccc4n3)CC2)cc1. The van der Waals surface area contributed by atoms with Crippen LogP contribution in [0.2, 0.25) is 0 Å². The number of nitrogens with zero attached hydrogens (tertiary/aromatic N) is 5. The maximum Gasteiger partial charge on any atom is 0.113 e. The summed E-state index contributed by atoms with van der Waals surface area (Å²) in [4.78, 5) is 6.93. The second-order valence-corrected chi connectivity index (χ2v) is 6.70. The van der Waals surface area contributed by atoms with E-state index in [2.05, 4.69) is 50.3 Å². The first kappa shape index (κ1) is 16.2. The van der Waals surface area contributed by atoms with Crippen LogP contribution in [0.4, 0.5) is 0 Å². The number of rotatable bonds is 6. The Kier molecular flexibility index (Phi) is 5.04. The first-order valence-electron chi connectivity index (χ1n) is 9.15. The molecule has 0 N–H and O–H groups in total. The lowest BCUT2D eigenvalue weighted by atomic mass is 10.1.